The minimum Gasteiger partial charge on any atom is -0.463 e. The van der Waals surface area contributed by atoms with Crippen LogP contribution in [0.1, 0.15) is 32.0 Å². The molecule has 0 N–H and O–H groups in total. The largest absolute Gasteiger partial charge is 0.463 e. The van der Waals surface area contributed by atoms with Gasteiger partial charge in [0.2, 0.25) is 5.76 Å². The maximum Gasteiger partial charge on any atom is 0.374 e. The highest BCUT2D eigenvalue weighted by Gasteiger charge is 2.19. The van der Waals surface area contributed by atoms with Crippen LogP contribution in [0.2, 0.25) is 0 Å². The standard InChI is InChI=1S/C16H16O7S/c1-10-4-5-12(24(3,19)20)8-13(10)15(17)23-9-11-6-7-22-14(11)16(18)21-2/h4-8H,9H2,1-3H3. The maximum absolute atomic E-state index is 12.2. The van der Waals surface area contributed by atoms with E-state index in [-0.39, 0.29) is 22.8 Å². The summed E-state index contributed by atoms with van der Waals surface area (Å²) in [5, 5.41) is 0. The van der Waals surface area contributed by atoms with Crippen LogP contribution in [0.4, 0.5) is 0 Å². The van der Waals surface area contributed by atoms with Crippen molar-refractivity contribution >= 4 is 21.8 Å². The Morgan fingerprint density at radius 1 is 1.17 bits per heavy atom. The quantitative estimate of drug-likeness (QED) is 0.760. The number of rotatable bonds is 5. The third-order valence-corrected chi connectivity index (χ3v) is 4.44. The van der Waals surface area contributed by atoms with Crippen LogP contribution in [-0.2, 0) is 25.9 Å². The fourth-order valence-corrected chi connectivity index (χ4v) is 2.64. The molecule has 0 amide bonds. The number of hydrogen-bond donors (Lipinski definition) is 0. The Morgan fingerprint density at radius 2 is 1.88 bits per heavy atom. The predicted octanol–water partition coefficient (Wildman–Crippen LogP) is 2.14. The minimum atomic E-state index is -3.44. The first-order chi connectivity index (χ1) is 11.2. The molecule has 24 heavy (non-hydrogen) atoms. The molecule has 0 aliphatic heterocycles. The summed E-state index contributed by atoms with van der Waals surface area (Å²) in [6.45, 7) is 1.46. The van der Waals surface area contributed by atoms with Gasteiger partial charge in [-0.15, -0.1) is 0 Å². The van der Waals surface area contributed by atoms with Gasteiger partial charge in [0.15, 0.2) is 9.84 Å². The van der Waals surface area contributed by atoms with E-state index in [0.717, 1.165) is 6.26 Å². The molecule has 2 aromatic rings. The molecule has 1 aromatic heterocycles. The second-order valence-corrected chi connectivity index (χ2v) is 7.11. The molecule has 0 saturated carbocycles. The second-order valence-electron chi connectivity index (χ2n) is 5.09. The molecule has 0 aliphatic rings. The van der Waals surface area contributed by atoms with Crippen molar-refractivity contribution < 1.29 is 31.9 Å². The van der Waals surface area contributed by atoms with Crippen molar-refractivity contribution in [2.45, 2.75) is 18.4 Å². The molecule has 0 fully saturated rings. The van der Waals surface area contributed by atoms with Crippen molar-refractivity contribution in [3.05, 3.63) is 53.0 Å². The highest BCUT2D eigenvalue weighted by molar-refractivity contribution is 7.90. The summed E-state index contributed by atoms with van der Waals surface area (Å²) in [4.78, 5) is 23.7. The van der Waals surface area contributed by atoms with E-state index in [1.807, 2.05) is 0 Å². The average molecular weight is 352 g/mol. The van der Waals surface area contributed by atoms with Crippen molar-refractivity contribution in [2.75, 3.05) is 13.4 Å². The molecule has 7 nitrogen and oxygen atoms in total. The summed E-state index contributed by atoms with van der Waals surface area (Å²) in [6.07, 6.45) is 2.34. The highest BCUT2D eigenvalue weighted by Crippen LogP contribution is 2.18. The zero-order chi connectivity index (χ0) is 17.9. The molecular formula is C16H16O7S. The summed E-state index contributed by atoms with van der Waals surface area (Å²) in [7, 11) is -2.23. The Morgan fingerprint density at radius 3 is 2.50 bits per heavy atom. The van der Waals surface area contributed by atoms with Crippen LogP contribution in [0.15, 0.2) is 39.8 Å². The number of benzene rings is 1. The van der Waals surface area contributed by atoms with E-state index < -0.39 is 21.8 Å². The SMILES string of the molecule is COC(=O)c1occc1COC(=O)c1cc(S(C)(=O)=O)ccc1C. The summed E-state index contributed by atoms with van der Waals surface area (Å²) < 4.78 is 37.9. The van der Waals surface area contributed by atoms with E-state index in [9.17, 15) is 18.0 Å². The first kappa shape index (κ1) is 17.7. The van der Waals surface area contributed by atoms with Gasteiger partial charge in [-0.1, -0.05) is 6.07 Å². The molecular weight excluding hydrogens is 336 g/mol. The topological polar surface area (TPSA) is 99.9 Å². The van der Waals surface area contributed by atoms with Gasteiger partial charge in [0.1, 0.15) is 6.61 Å². The molecule has 1 heterocycles. The number of esters is 2. The number of sulfone groups is 1. The van der Waals surface area contributed by atoms with Gasteiger partial charge in [0.05, 0.1) is 23.8 Å². The van der Waals surface area contributed by atoms with E-state index in [4.69, 9.17) is 9.15 Å². The number of methoxy groups -OCH3 is 1. The monoisotopic (exact) mass is 352 g/mol. The van der Waals surface area contributed by atoms with Gasteiger partial charge >= 0.3 is 11.9 Å². The number of furan rings is 1. The Kier molecular flexibility index (Phi) is 5.08. The first-order valence-electron chi connectivity index (χ1n) is 6.86. The van der Waals surface area contributed by atoms with Crippen molar-refractivity contribution in [3.8, 4) is 0 Å². The van der Waals surface area contributed by atoms with Crippen LogP contribution < -0.4 is 0 Å². The maximum atomic E-state index is 12.2. The van der Waals surface area contributed by atoms with E-state index in [1.54, 1.807) is 6.92 Å². The second kappa shape index (κ2) is 6.88. The number of hydrogen-bond acceptors (Lipinski definition) is 7. The summed E-state index contributed by atoms with van der Waals surface area (Å²) >= 11 is 0. The van der Waals surface area contributed by atoms with Gasteiger partial charge in [-0.3, -0.25) is 0 Å². The van der Waals surface area contributed by atoms with E-state index in [1.165, 1.54) is 37.6 Å². The lowest BCUT2D eigenvalue weighted by atomic mass is 10.1. The Bertz CT molecular complexity index is 878. The average Bonchev–Trinajstić information content (AvgIpc) is 2.99. The fraction of sp³-hybridized carbons (Fsp3) is 0.250. The van der Waals surface area contributed by atoms with E-state index in [2.05, 4.69) is 4.74 Å². The van der Waals surface area contributed by atoms with Gasteiger partial charge in [-0.25, -0.2) is 18.0 Å². The Labute approximate surface area is 139 Å². The van der Waals surface area contributed by atoms with Gasteiger partial charge in [0.25, 0.3) is 0 Å². The molecule has 1 aromatic carbocycles. The lowest BCUT2D eigenvalue weighted by Crippen LogP contribution is -2.10. The summed E-state index contributed by atoms with van der Waals surface area (Å²) in [5.74, 6) is -1.43. The van der Waals surface area contributed by atoms with E-state index >= 15 is 0 Å². The molecule has 0 bridgehead atoms. The Balaban J connectivity index is 2.20. The number of aryl methyl sites for hydroxylation is 1. The number of carbonyl (C=O) groups is 2. The van der Waals surface area contributed by atoms with E-state index in [0.29, 0.717) is 11.1 Å². The first-order valence-corrected chi connectivity index (χ1v) is 8.75. The normalized spacial score (nSPS) is 11.1. The fourth-order valence-electron chi connectivity index (χ4n) is 1.99. The molecule has 0 saturated heterocycles. The summed E-state index contributed by atoms with van der Waals surface area (Å²) in [5.41, 5.74) is 1.07. The van der Waals surface area contributed by atoms with Gasteiger partial charge < -0.3 is 13.9 Å². The summed E-state index contributed by atoms with van der Waals surface area (Å²) in [6, 6.07) is 5.71. The molecule has 0 spiro atoms. The zero-order valence-corrected chi connectivity index (χ0v) is 14.2. The third kappa shape index (κ3) is 3.83. The van der Waals surface area contributed by atoms with Crippen molar-refractivity contribution in [2.24, 2.45) is 0 Å². The Hall–Kier alpha value is -2.61. The number of ether oxygens (including phenoxy) is 2. The highest BCUT2D eigenvalue weighted by atomic mass is 32.2. The lowest BCUT2D eigenvalue weighted by Gasteiger charge is -2.08. The van der Waals surface area contributed by atoms with Crippen LogP contribution in [-0.4, -0.2) is 33.7 Å². The molecule has 2 rings (SSSR count). The smallest absolute Gasteiger partial charge is 0.374 e. The molecule has 0 unspecified atom stereocenters. The predicted molar refractivity (Wildman–Crippen MR) is 83.5 cm³/mol. The third-order valence-electron chi connectivity index (χ3n) is 3.33. The molecule has 0 atom stereocenters. The molecule has 0 radical (unpaired) electrons. The number of carbonyl (C=O) groups excluding carboxylic acids is 2. The van der Waals surface area contributed by atoms with Crippen molar-refractivity contribution in [1.82, 2.24) is 0 Å². The van der Waals surface area contributed by atoms with Crippen LogP contribution in [0.5, 0.6) is 0 Å². The van der Waals surface area contributed by atoms with Crippen LogP contribution in [0, 0.1) is 6.92 Å². The van der Waals surface area contributed by atoms with Crippen LogP contribution >= 0.6 is 0 Å². The lowest BCUT2D eigenvalue weighted by molar-refractivity contribution is 0.0452. The van der Waals surface area contributed by atoms with Crippen LogP contribution in [0.25, 0.3) is 0 Å². The van der Waals surface area contributed by atoms with Gasteiger partial charge in [-0.05, 0) is 30.7 Å². The molecule has 8 heteroatoms. The van der Waals surface area contributed by atoms with Gasteiger partial charge in [0, 0.05) is 11.8 Å². The van der Waals surface area contributed by atoms with Crippen molar-refractivity contribution in [1.29, 1.82) is 0 Å². The van der Waals surface area contributed by atoms with Crippen molar-refractivity contribution in [3.63, 3.8) is 0 Å². The molecule has 0 aliphatic carbocycles. The van der Waals surface area contributed by atoms with Gasteiger partial charge in [-0.2, -0.15) is 0 Å². The zero-order valence-electron chi connectivity index (χ0n) is 13.4. The minimum absolute atomic E-state index is 0.0265. The molecule has 128 valence electrons. The van der Waals surface area contributed by atoms with Crippen LogP contribution in [0.3, 0.4) is 0 Å².